The highest BCUT2D eigenvalue weighted by Gasteiger charge is 2.14. The molecule has 0 fully saturated rings. The minimum absolute atomic E-state index is 0.151. The normalized spacial score (nSPS) is 10.3. The van der Waals surface area contributed by atoms with E-state index in [0.29, 0.717) is 22.7 Å². The van der Waals surface area contributed by atoms with Gasteiger partial charge >= 0.3 is 0 Å². The van der Waals surface area contributed by atoms with E-state index in [1.54, 1.807) is 18.2 Å². The van der Waals surface area contributed by atoms with Crippen molar-refractivity contribution in [3.8, 4) is 11.5 Å². The Labute approximate surface area is 163 Å². The van der Waals surface area contributed by atoms with Crippen LogP contribution in [0, 0.1) is 6.92 Å². The van der Waals surface area contributed by atoms with Crippen LogP contribution in [-0.2, 0) is 4.79 Å². The molecule has 0 bridgehead atoms. The van der Waals surface area contributed by atoms with Crippen LogP contribution in [0.15, 0.2) is 39.3 Å². The molecule has 0 saturated carbocycles. The Balaban J connectivity index is 2.12. The zero-order chi connectivity index (χ0) is 18.6. The number of halogens is 2. The van der Waals surface area contributed by atoms with Crippen molar-refractivity contribution in [2.24, 2.45) is 0 Å². The van der Waals surface area contributed by atoms with Crippen LogP contribution in [0.25, 0.3) is 0 Å². The molecule has 1 N–H and O–H groups in total. The lowest BCUT2D eigenvalue weighted by atomic mass is 10.1. The first kappa shape index (κ1) is 19.5. The lowest BCUT2D eigenvalue weighted by molar-refractivity contribution is -0.118. The summed E-state index contributed by atoms with van der Waals surface area (Å²) in [6, 6.07) is 8.67. The van der Waals surface area contributed by atoms with Crippen LogP contribution in [0.3, 0.4) is 0 Å². The number of methoxy groups -OCH3 is 1. The van der Waals surface area contributed by atoms with E-state index in [2.05, 4.69) is 37.2 Å². The number of amides is 1. The molecular formula is C18H17Br2NO4. The Morgan fingerprint density at radius 1 is 1.12 bits per heavy atom. The first-order valence-electron chi connectivity index (χ1n) is 7.39. The molecule has 0 aliphatic heterocycles. The van der Waals surface area contributed by atoms with Crippen LogP contribution in [0.4, 0.5) is 5.69 Å². The van der Waals surface area contributed by atoms with Crippen LogP contribution >= 0.6 is 31.9 Å². The summed E-state index contributed by atoms with van der Waals surface area (Å²) in [6.45, 7) is 3.16. The number of hydrogen-bond donors (Lipinski definition) is 1. The summed E-state index contributed by atoms with van der Waals surface area (Å²) in [5.41, 5.74) is 2.07. The second-order valence-electron chi connectivity index (χ2n) is 5.36. The van der Waals surface area contributed by atoms with E-state index in [9.17, 15) is 9.59 Å². The van der Waals surface area contributed by atoms with Gasteiger partial charge in [0.25, 0.3) is 5.91 Å². The summed E-state index contributed by atoms with van der Waals surface area (Å²) < 4.78 is 12.2. The lowest BCUT2D eigenvalue weighted by Gasteiger charge is -2.13. The number of ether oxygens (including phenoxy) is 2. The first-order valence-corrected chi connectivity index (χ1v) is 8.97. The van der Waals surface area contributed by atoms with Gasteiger partial charge in [0.1, 0.15) is 11.5 Å². The van der Waals surface area contributed by atoms with Crippen LogP contribution in [0.1, 0.15) is 22.8 Å². The van der Waals surface area contributed by atoms with Gasteiger partial charge in [-0.3, -0.25) is 9.59 Å². The summed E-state index contributed by atoms with van der Waals surface area (Å²) in [4.78, 5) is 23.9. The zero-order valence-electron chi connectivity index (χ0n) is 14.0. The predicted octanol–water partition coefficient (Wildman–Crippen LogP) is 4.75. The molecule has 0 aliphatic rings. The van der Waals surface area contributed by atoms with E-state index in [4.69, 9.17) is 9.47 Å². The van der Waals surface area contributed by atoms with Crippen molar-refractivity contribution >= 4 is 49.2 Å². The fraction of sp³-hybridized carbons (Fsp3) is 0.222. The molecule has 7 heteroatoms. The van der Waals surface area contributed by atoms with Gasteiger partial charge in [-0.1, -0.05) is 0 Å². The van der Waals surface area contributed by atoms with Crippen molar-refractivity contribution < 1.29 is 19.1 Å². The topological polar surface area (TPSA) is 64.6 Å². The molecule has 5 nitrogen and oxygen atoms in total. The highest BCUT2D eigenvalue weighted by atomic mass is 79.9. The third-order valence-corrected chi connectivity index (χ3v) is 4.63. The Morgan fingerprint density at radius 2 is 1.76 bits per heavy atom. The number of benzene rings is 2. The summed E-state index contributed by atoms with van der Waals surface area (Å²) in [7, 11) is 1.52. The van der Waals surface area contributed by atoms with Crippen LogP contribution in [0.2, 0.25) is 0 Å². The molecule has 25 heavy (non-hydrogen) atoms. The van der Waals surface area contributed by atoms with Gasteiger partial charge in [0, 0.05) is 15.0 Å². The van der Waals surface area contributed by atoms with Gasteiger partial charge in [-0.15, -0.1) is 0 Å². The smallest absolute Gasteiger partial charge is 0.262 e. The average Bonchev–Trinajstić information content (AvgIpc) is 2.55. The number of hydrogen-bond acceptors (Lipinski definition) is 4. The number of aryl methyl sites for hydroxylation is 1. The molecule has 1 amide bonds. The van der Waals surface area contributed by atoms with Crippen LogP contribution in [-0.4, -0.2) is 25.4 Å². The Kier molecular flexibility index (Phi) is 6.61. The minimum atomic E-state index is -0.345. The maximum atomic E-state index is 12.2. The van der Waals surface area contributed by atoms with Gasteiger partial charge in [0.2, 0.25) is 0 Å². The molecule has 0 radical (unpaired) electrons. The average molecular weight is 471 g/mol. The second-order valence-corrected chi connectivity index (χ2v) is 7.07. The summed E-state index contributed by atoms with van der Waals surface area (Å²) in [6.07, 6.45) is 0. The fourth-order valence-electron chi connectivity index (χ4n) is 2.18. The highest BCUT2D eigenvalue weighted by Crippen LogP contribution is 2.32. The van der Waals surface area contributed by atoms with Gasteiger partial charge in [-0.2, -0.15) is 0 Å². The molecule has 0 atom stereocenters. The van der Waals surface area contributed by atoms with E-state index in [1.807, 2.05) is 19.1 Å². The van der Waals surface area contributed by atoms with Crippen molar-refractivity contribution in [2.45, 2.75) is 13.8 Å². The van der Waals surface area contributed by atoms with Gasteiger partial charge in [-0.05, 0) is 75.5 Å². The van der Waals surface area contributed by atoms with Crippen molar-refractivity contribution in [3.63, 3.8) is 0 Å². The van der Waals surface area contributed by atoms with Crippen molar-refractivity contribution in [1.29, 1.82) is 0 Å². The lowest BCUT2D eigenvalue weighted by Crippen LogP contribution is -2.21. The molecule has 0 saturated heterocycles. The number of ketones is 1. The summed E-state index contributed by atoms with van der Waals surface area (Å²) >= 11 is 6.85. The van der Waals surface area contributed by atoms with Crippen molar-refractivity contribution in [1.82, 2.24) is 0 Å². The summed E-state index contributed by atoms with van der Waals surface area (Å²) in [5.74, 6) is 0.359. The molecule has 132 valence electrons. The van der Waals surface area contributed by atoms with E-state index in [-0.39, 0.29) is 18.3 Å². The van der Waals surface area contributed by atoms with Gasteiger partial charge in [0.05, 0.1) is 18.4 Å². The number of carbonyl (C=O) groups is 2. The largest absolute Gasteiger partial charge is 0.497 e. The van der Waals surface area contributed by atoms with Gasteiger partial charge in [0.15, 0.2) is 12.4 Å². The minimum Gasteiger partial charge on any atom is -0.497 e. The van der Waals surface area contributed by atoms with Crippen molar-refractivity contribution in [3.05, 3.63) is 50.4 Å². The zero-order valence-corrected chi connectivity index (χ0v) is 17.2. The predicted molar refractivity (Wildman–Crippen MR) is 104 cm³/mol. The quantitative estimate of drug-likeness (QED) is 0.618. The van der Waals surface area contributed by atoms with E-state index in [1.165, 1.54) is 14.0 Å². The Bertz CT molecular complexity index is 798. The molecular weight excluding hydrogens is 454 g/mol. The third kappa shape index (κ3) is 5.06. The fourth-order valence-corrected chi connectivity index (χ4v) is 3.79. The number of rotatable bonds is 6. The standard InChI is InChI=1S/C18H17Br2NO4/c1-10-6-14(19)18(15(20)7-10)21-17(23)9-25-16-8-12(24-3)4-5-13(16)11(2)22/h4-8H,9H2,1-3H3,(H,21,23). The first-order chi connectivity index (χ1) is 11.8. The number of Topliss-reactive ketones (excluding diaryl/α,β-unsaturated/α-hetero) is 1. The molecule has 2 aromatic carbocycles. The van der Waals surface area contributed by atoms with E-state index in [0.717, 1.165) is 14.5 Å². The molecule has 0 spiro atoms. The van der Waals surface area contributed by atoms with E-state index >= 15 is 0 Å². The highest BCUT2D eigenvalue weighted by molar-refractivity contribution is 9.11. The maximum absolute atomic E-state index is 12.2. The summed E-state index contributed by atoms with van der Waals surface area (Å²) in [5, 5.41) is 2.78. The molecule has 0 heterocycles. The molecule has 2 rings (SSSR count). The Morgan fingerprint density at radius 3 is 2.32 bits per heavy atom. The maximum Gasteiger partial charge on any atom is 0.262 e. The Hall–Kier alpha value is -1.86. The van der Waals surface area contributed by atoms with Crippen LogP contribution < -0.4 is 14.8 Å². The number of anilines is 1. The van der Waals surface area contributed by atoms with Crippen molar-refractivity contribution in [2.75, 3.05) is 19.0 Å². The molecule has 2 aromatic rings. The second kappa shape index (κ2) is 8.49. The number of nitrogens with one attached hydrogen (secondary N) is 1. The molecule has 0 aliphatic carbocycles. The SMILES string of the molecule is COc1ccc(C(C)=O)c(OCC(=O)Nc2c(Br)cc(C)cc2Br)c1. The molecule has 0 unspecified atom stereocenters. The third-order valence-electron chi connectivity index (χ3n) is 3.38. The number of carbonyl (C=O) groups excluding carboxylic acids is 2. The van der Waals surface area contributed by atoms with Crippen LogP contribution in [0.5, 0.6) is 11.5 Å². The van der Waals surface area contributed by atoms with Gasteiger partial charge in [-0.25, -0.2) is 0 Å². The van der Waals surface area contributed by atoms with E-state index < -0.39 is 0 Å². The van der Waals surface area contributed by atoms with Gasteiger partial charge < -0.3 is 14.8 Å². The monoisotopic (exact) mass is 469 g/mol. The molecule has 0 aromatic heterocycles.